The zero-order chi connectivity index (χ0) is 15.2. The third-order valence-corrected chi connectivity index (χ3v) is 3.38. The van der Waals surface area contributed by atoms with E-state index in [4.69, 9.17) is 9.47 Å². The monoisotopic (exact) mass is 286 g/mol. The highest BCUT2D eigenvalue weighted by atomic mass is 16.6. The number of nitrogens with one attached hydrogen (secondary N) is 2. The Morgan fingerprint density at radius 2 is 2.00 bits per heavy atom. The van der Waals surface area contributed by atoms with Gasteiger partial charge in [0.25, 0.3) is 0 Å². The molecule has 2 N–H and O–H groups in total. The molecular weight excluding hydrogens is 256 g/mol. The summed E-state index contributed by atoms with van der Waals surface area (Å²) in [6.07, 6.45) is 3.06. The van der Waals surface area contributed by atoms with Crippen LogP contribution in [0.2, 0.25) is 0 Å². The van der Waals surface area contributed by atoms with E-state index in [0.29, 0.717) is 18.6 Å². The van der Waals surface area contributed by atoms with Crippen molar-refractivity contribution in [3.8, 4) is 0 Å². The van der Waals surface area contributed by atoms with Crippen molar-refractivity contribution in [1.29, 1.82) is 0 Å². The van der Waals surface area contributed by atoms with Crippen molar-refractivity contribution >= 4 is 6.09 Å². The Morgan fingerprint density at radius 1 is 1.35 bits per heavy atom. The first kappa shape index (κ1) is 17.2. The zero-order valence-electron chi connectivity index (χ0n) is 13.5. The summed E-state index contributed by atoms with van der Waals surface area (Å²) in [5.74, 6) is 0.579. The number of ether oxygens (including phenoxy) is 2. The van der Waals surface area contributed by atoms with E-state index in [1.807, 2.05) is 20.8 Å². The lowest BCUT2D eigenvalue weighted by Gasteiger charge is -2.25. The molecule has 0 saturated heterocycles. The summed E-state index contributed by atoms with van der Waals surface area (Å²) in [5, 5.41) is 6.46. The molecule has 1 aliphatic carbocycles. The highest BCUT2D eigenvalue weighted by molar-refractivity contribution is 5.68. The van der Waals surface area contributed by atoms with Crippen molar-refractivity contribution < 1.29 is 14.3 Å². The normalized spacial score (nSPS) is 18.4. The molecule has 0 bridgehead atoms. The number of amides is 1. The van der Waals surface area contributed by atoms with Crippen LogP contribution in [0.1, 0.15) is 47.0 Å². The van der Waals surface area contributed by atoms with Gasteiger partial charge in [0.1, 0.15) is 5.60 Å². The van der Waals surface area contributed by atoms with Gasteiger partial charge in [0.15, 0.2) is 0 Å². The molecule has 5 heteroatoms. The van der Waals surface area contributed by atoms with Crippen LogP contribution in [0.5, 0.6) is 0 Å². The largest absolute Gasteiger partial charge is 0.444 e. The molecule has 0 heterocycles. The molecular formula is C15H30N2O3. The number of carbonyl (C=O) groups excluding carboxylic acids is 1. The van der Waals surface area contributed by atoms with Gasteiger partial charge >= 0.3 is 6.09 Å². The summed E-state index contributed by atoms with van der Waals surface area (Å²) < 4.78 is 10.5. The molecule has 1 amide bonds. The van der Waals surface area contributed by atoms with E-state index < -0.39 is 5.60 Å². The van der Waals surface area contributed by atoms with Crippen LogP contribution in [0.4, 0.5) is 4.79 Å². The van der Waals surface area contributed by atoms with Gasteiger partial charge in [-0.2, -0.15) is 0 Å². The minimum atomic E-state index is -0.451. The van der Waals surface area contributed by atoms with Crippen LogP contribution >= 0.6 is 0 Å². The lowest BCUT2D eigenvalue weighted by Crippen LogP contribution is -2.48. The Hall–Kier alpha value is -0.810. The molecule has 0 aromatic heterocycles. The van der Waals surface area contributed by atoms with Crippen molar-refractivity contribution in [1.82, 2.24) is 10.6 Å². The predicted molar refractivity (Wildman–Crippen MR) is 79.8 cm³/mol. The molecule has 0 aromatic carbocycles. The molecule has 118 valence electrons. The van der Waals surface area contributed by atoms with E-state index >= 15 is 0 Å². The van der Waals surface area contributed by atoms with Gasteiger partial charge in [-0.25, -0.2) is 4.79 Å². The van der Waals surface area contributed by atoms with Gasteiger partial charge in [-0.3, -0.25) is 0 Å². The molecule has 1 aliphatic rings. The van der Waals surface area contributed by atoms with E-state index in [9.17, 15) is 4.79 Å². The summed E-state index contributed by atoms with van der Waals surface area (Å²) in [4.78, 5) is 11.9. The number of alkyl carbamates (subject to hydrolysis) is 1. The van der Waals surface area contributed by atoms with Gasteiger partial charge in [0, 0.05) is 25.7 Å². The van der Waals surface area contributed by atoms with Crippen molar-refractivity contribution in [3.63, 3.8) is 0 Å². The molecule has 0 radical (unpaired) electrons. The summed E-state index contributed by atoms with van der Waals surface area (Å²) in [6, 6.07) is 0.484. The van der Waals surface area contributed by atoms with Crippen molar-refractivity contribution in [2.75, 3.05) is 20.3 Å². The highest BCUT2D eigenvalue weighted by Crippen LogP contribution is 2.32. The summed E-state index contributed by atoms with van der Waals surface area (Å²) >= 11 is 0. The maximum atomic E-state index is 11.9. The van der Waals surface area contributed by atoms with Gasteiger partial charge in [0.2, 0.25) is 0 Å². The molecule has 1 fully saturated rings. The van der Waals surface area contributed by atoms with Crippen LogP contribution in [0, 0.1) is 5.92 Å². The third-order valence-electron chi connectivity index (χ3n) is 3.38. The molecule has 2 unspecified atom stereocenters. The summed E-state index contributed by atoms with van der Waals surface area (Å²) in [6.45, 7) is 9.23. The second-order valence-electron chi connectivity index (χ2n) is 6.56. The van der Waals surface area contributed by atoms with Gasteiger partial charge in [-0.15, -0.1) is 0 Å². The quantitative estimate of drug-likeness (QED) is 0.719. The van der Waals surface area contributed by atoms with Gasteiger partial charge in [-0.1, -0.05) is 6.92 Å². The Balaban J connectivity index is 2.39. The number of carbonyl (C=O) groups is 1. The minimum Gasteiger partial charge on any atom is -0.444 e. The second kappa shape index (κ2) is 7.84. The van der Waals surface area contributed by atoms with Gasteiger partial charge in [0.05, 0.1) is 6.61 Å². The molecule has 2 atom stereocenters. The van der Waals surface area contributed by atoms with E-state index in [0.717, 1.165) is 13.0 Å². The fourth-order valence-corrected chi connectivity index (χ4v) is 2.11. The smallest absolute Gasteiger partial charge is 0.407 e. The third kappa shape index (κ3) is 7.10. The number of hydrogen-bond donors (Lipinski definition) is 2. The van der Waals surface area contributed by atoms with E-state index in [1.165, 1.54) is 12.8 Å². The molecule has 0 aromatic rings. The minimum absolute atomic E-state index is 0.149. The molecule has 1 saturated carbocycles. The van der Waals surface area contributed by atoms with E-state index in [2.05, 4.69) is 17.6 Å². The number of methoxy groups -OCH3 is 1. The Morgan fingerprint density at radius 3 is 2.45 bits per heavy atom. The highest BCUT2D eigenvalue weighted by Gasteiger charge is 2.33. The molecule has 1 rings (SSSR count). The van der Waals surface area contributed by atoms with Crippen LogP contribution in [-0.2, 0) is 9.47 Å². The second-order valence-corrected chi connectivity index (χ2v) is 6.56. The van der Waals surface area contributed by atoms with Crippen molar-refractivity contribution in [3.05, 3.63) is 0 Å². The molecule has 0 spiro atoms. The standard InChI is InChI=1S/C15H30N2O3/c1-6-12(10-19-5)16-9-13(11-7-8-11)17-14(18)20-15(2,3)4/h11-13,16H,6-10H2,1-5H3,(H,17,18). The average Bonchev–Trinajstić information content (AvgIpc) is 3.14. The van der Waals surface area contributed by atoms with Crippen LogP contribution in [0.25, 0.3) is 0 Å². The molecule has 20 heavy (non-hydrogen) atoms. The summed E-state index contributed by atoms with van der Waals surface area (Å²) in [7, 11) is 1.71. The molecule has 5 nitrogen and oxygen atoms in total. The zero-order valence-corrected chi connectivity index (χ0v) is 13.5. The number of rotatable bonds is 8. The first-order valence-corrected chi connectivity index (χ1v) is 7.57. The fraction of sp³-hybridized carbons (Fsp3) is 0.933. The Labute approximate surface area is 122 Å². The van der Waals surface area contributed by atoms with Crippen LogP contribution < -0.4 is 10.6 Å². The topological polar surface area (TPSA) is 59.6 Å². The molecule has 0 aliphatic heterocycles. The Bertz CT molecular complexity index is 298. The van der Waals surface area contributed by atoms with Gasteiger partial charge < -0.3 is 20.1 Å². The average molecular weight is 286 g/mol. The lowest BCUT2D eigenvalue weighted by atomic mass is 10.1. The fourth-order valence-electron chi connectivity index (χ4n) is 2.11. The van der Waals surface area contributed by atoms with Crippen LogP contribution in [0.15, 0.2) is 0 Å². The first-order chi connectivity index (χ1) is 9.35. The maximum Gasteiger partial charge on any atom is 0.407 e. The first-order valence-electron chi connectivity index (χ1n) is 7.57. The predicted octanol–water partition coefficient (Wildman–Crippen LogP) is 2.30. The summed E-state index contributed by atoms with van der Waals surface area (Å²) in [5.41, 5.74) is -0.451. The number of hydrogen-bond acceptors (Lipinski definition) is 4. The van der Waals surface area contributed by atoms with Crippen LogP contribution in [0.3, 0.4) is 0 Å². The lowest BCUT2D eigenvalue weighted by molar-refractivity contribution is 0.0495. The van der Waals surface area contributed by atoms with Crippen molar-refractivity contribution in [2.45, 2.75) is 64.6 Å². The van der Waals surface area contributed by atoms with Crippen molar-refractivity contribution in [2.24, 2.45) is 5.92 Å². The maximum absolute atomic E-state index is 11.9. The van der Waals surface area contributed by atoms with E-state index in [1.54, 1.807) is 7.11 Å². The van der Waals surface area contributed by atoms with E-state index in [-0.39, 0.29) is 12.1 Å². The van der Waals surface area contributed by atoms with Crippen LogP contribution in [-0.4, -0.2) is 44.0 Å². The SMILES string of the molecule is CCC(COC)NCC(NC(=O)OC(C)(C)C)C1CC1. The Kier molecular flexibility index (Phi) is 6.76. The van der Waals surface area contributed by atoms with Gasteiger partial charge in [-0.05, 0) is 46.0 Å².